The number of carbonyl (C=O) groups excluding carboxylic acids is 2. The average Bonchev–Trinajstić information content (AvgIpc) is 3.06. The van der Waals surface area contributed by atoms with E-state index in [-0.39, 0.29) is 35.5 Å². The molecule has 1 aliphatic heterocycles. The third-order valence-corrected chi connectivity index (χ3v) is 5.54. The van der Waals surface area contributed by atoms with Crippen molar-refractivity contribution in [3.8, 4) is 0 Å². The van der Waals surface area contributed by atoms with Crippen molar-refractivity contribution in [2.24, 2.45) is 23.7 Å². The molecule has 4 heteroatoms. The molecular formula is C16H14INO2. The summed E-state index contributed by atoms with van der Waals surface area (Å²) in [5.41, 5.74) is 1.74. The van der Waals surface area contributed by atoms with Crippen LogP contribution in [0, 0.1) is 34.2 Å². The maximum absolute atomic E-state index is 12.7. The second-order valence-corrected chi connectivity index (χ2v) is 7.19. The summed E-state index contributed by atoms with van der Waals surface area (Å²) in [5, 5.41) is 0. The fraction of sp³-hybridized carbons (Fsp3) is 0.375. The fourth-order valence-corrected chi connectivity index (χ4v) is 4.66. The number of amides is 2. The Bertz CT molecular complexity index is 636. The number of halogens is 1. The molecule has 0 aromatic heterocycles. The molecule has 0 spiro atoms. The summed E-state index contributed by atoms with van der Waals surface area (Å²) in [6.07, 6.45) is 5.23. The molecule has 102 valence electrons. The van der Waals surface area contributed by atoms with Gasteiger partial charge in [-0.15, -0.1) is 0 Å². The van der Waals surface area contributed by atoms with Crippen molar-refractivity contribution in [1.82, 2.24) is 0 Å². The van der Waals surface area contributed by atoms with E-state index in [2.05, 4.69) is 34.7 Å². The Balaban J connectivity index is 1.78. The fourth-order valence-electron chi connectivity index (χ4n) is 4.01. The molecule has 0 unspecified atom stereocenters. The number of imide groups is 1. The first-order chi connectivity index (χ1) is 9.58. The molecule has 0 radical (unpaired) electrons. The monoisotopic (exact) mass is 379 g/mol. The van der Waals surface area contributed by atoms with Crippen LogP contribution in [0.1, 0.15) is 12.0 Å². The smallest absolute Gasteiger partial charge is 0.238 e. The largest absolute Gasteiger partial charge is 0.274 e. The molecule has 3 aliphatic rings. The lowest BCUT2D eigenvalue weighted by Crippen LogP contribution is -2.33. The second kappa shape index (κ2) is 4.16. The first kappa shape index (κ1) is 12.6. The number of nitrogens with zero attached hydrogens (tertiary/aromatic N) is 1. The van der Waals surface area contributed by atoms with Crippen LogP contribution < -0.4 is 4.90 Å². The van der Waals surface area contributed by atoms with Gasteiger partial charge in [0.15, 0.2) is 0 Å². The summed E-state index contributed by atoms with van der Waals surface area (Å²) >= 11 is 2.24. The Morgan fingerprint density at radius 3 is 2.25 bits per heavy atom. The number of allylic oxidation sites excluding steroid dienone is 2. The predicted molar refractivity (Wildman–Crippen MR) is 84.1 cm³/mol. The van der Waals surface area contributed by atoms with Crippen LogP contribution in [0.3, 0.4) is 0 Å². The Hall–Kier alpha value is -1.17. The van der Waals surface area contributed by atoms with Crippen molar-refractivity contribution >= 4 is 40.1 Å². The topological polar surface area (TPSA) is 37.4 Å². The van der Waals surface area contributed by atoms with Gasteiger partial charge in [0.2, 0.25) is 11.8 Å². The number of hydrogen-bond donors (Lipinski definition) is 0. The van der Waals surface area contributed by atoms with E-state index >= 15 is 0 Å². The molecule has 2 fully saturated rings. The number of hydrogen-bond acceptors (Lipinski definition) is 2. The van der Waals surface area contributed by atoms with Crippen molar-refractivity contribution in [2.45, 2.75) is 13.3 Å². The van der Waals surface area contributed by atoms with E-state index in [4.69, 9.17) is 0 Å². The zero-order valence-electron chi connectivity index (χ0n) is 11.0. The summed E-state index contributed by atoms with van der Waals surface area (Å²) < 4.78 is 1.12. The number of fused-ring (bicyclic) bond motifs is 5. The van der Waals surface area contributed by atoms with Crippen molar-refractivity contribution in [1.29, 1.82) is 0 Å². The average molecular weight is 379 g/mol. The maximum atomic E-state index is 12.7. The van der Waals surface area contributed by atoms with E-state index in [1.54, 1.807) is 0 Å². The van der Waals surface area contributed by atoms with Gasteiger partial charge in [-0.05, 0) is 71.5 Å². The molecule has 4 rings (SSSR count). The van der Waals surface area contributed by atoms with Crippen molar-refractivity contribution in [3.63, 3.8) is 0 Å². The van der Waals surface area contributed by atoms with Gasteiger partial charge >= 0.3 is 0 Å². The standard InChI is InChI=1S/C16H14INO2/c1-8-6-11(17)4-5-12(8)18-15(19)13-9-2-3-10(7-9)14(13)16(18)20/h2-6,9-10,13-14H,7H2,1H3/t9-,10+,13-,14-/m0/s1. The highest BCUT2D eigenvalue weighted by Gasteiger charge is 2.59. The molecule has 2 amide bonds. The second-order valence-electron chi connectivity index (χ2n) is 5.94. The van der Waals surface area contributed by atoms with Crippen LogP contribution in [0.4, 0.5) is 5.69 Å². The number of aryl methyl sites for hydroxylation is 1. The quantitative estimate of drug-likeness (QED) is 0.428. The Morgan fingerprint density at radius 1 is 1.10 bits per heavy atom. The van der Waals surface area contributed by atoms with Gasteiger partial charge in [0.25, 0.3) is 0 Å². The third kappa shape index (κ3) is 1.51. The maximum Gasteiger partial charge on any atom is 0.238 e. The normalized spacial score (nSPS) is 34.2. The third-order valence-electron chi connectivity index (χ3n) is 4.87. The minimum Gasteiger partial charge on any atom is -0.274 e. The highest BCUT2D eigenvalue weighted by atomic mass is 127. The molecule has 2 bridgehead atoms. The lowest BCUT2D eigenvalue weighted by Gasteiger charge is -2.19. The van der Waals surface area contributed by atoms with Gasteiger partial charge in [0.1, 0.15) is 0 Å². The molecule has 1 aromatic rings. The number of carbonyl (C=O) groups is 2. The van der Waals surface area contributed by atoms with E-state index in [9.17, 15) is 9.59 Å². The van der Waals surface area contributed by atoms with Crippen LogP contribution in [0.2, 0.25) is 0 Å². The van der Waals surface area contributed by atoms with Crippen LogP contribution in [0.15, 0.2) is 30.4 Å². The van der Waals surface area contributed by atoms with Gasteiger partial charge in [-0.2, -0.15) is 0 Å². The van der Waals surface area contributed by atoms with Crippen LogP contribution in [-0.4, -0.2) is 11.8 Å². The van der Waals surface area contributed by atoms with Gasteiger partial charge < -0.3 is 0 Å². The molecule has 1 saturated heterocycles. The number of rotatable bonds is 1. The minimum absolute atomic E-state index is 0.00107. The summed E-state index contributed by atoms with van der Waals surface area (Å²) in [6.45, 7) is 1.96. The highest BCUT2D eigenvalue weighted by molar-refractivity contribution is 14.1. The Morgan fingerprint density at radius 2 is 1.70 bits per heavy atom. The molecular weight excluding hydrogens is 365 g/mol. The Labute approximate surface area is 131 Å². The number of benzene rings is 1. The van der Waals surface area contributed by atoms with Crippen molar-refractivity contribution in [2.75, 3.05) is 4.90 Å². The molecule has 1 saturated carbocycles. The first-order valence-electron chi connectivity index (χ1n) is 6.90. The SMILES string of the molecule is Cc1cc(I)ccc1N1C(=O)[C@@H]2[C@@H](C1=O)[C@H]1C=C[C@@H]2C1. The molecule has 1 heterocycles. The van der Waals surface area contributed by atoms with Gasteiger partial charge in [0, 0.05) is 3.57 Å². The molecule has 20 heavy (non-hydrogen) atoms. The molecule has 0 N–H and O–H groups in total. The van der Waals surface area contributed by atoms with Crippen LogP contribution in [0.25, 0.3) is 0 Å². The van der Waals surface area contributed by atoms with E-state index < -0.39 is 0 Å². The van der Waals surface area contributed by atoms with Gasteiger partial charge in [0.05, 0.1) is 17.5 Å². The first-order valence-corrected chi connectivity index (χ1v) is 7.98. The van der Waals surface area contributed by atoms with Crippen LogP contribution in [-0.2, 0) is 9.59 Å². The highest BCUT2D eigenvalue weighted by Crippen LogP contribution is 2.53. The Kier molecular flexibility index (Phi) is 2.61. The van der Waals surface area contributed by atoms with Gasteiger partial charge in [-0.3, -0.25) is 9.59 Å². The van der Waals surface area contributed by atoms with Crippen molar-refractivity contribution < 1.29 is 9.59 Å². The lowest BCUT2D eigenvalue weighted by molar-refractivity contribution is -0.123. The summed E-state index contributed by atoms with van der Waals surface area (Å²) in [5.74, 6) is 0.320. The lowest BCUT2D eigenvalue weighted by atomic mass is 9.85. The van der Waals surface area contributed by atoms with E-state index in [0.717, 1.165) is 21.2 Å². The zero-order chi connectivity index (χ0) is 14.0. The minimum atomic E-state index is -0.115. The zero-order valence-corrected chi connectivity index (χ0v) is 13.2. The van der Waals surface area contributed by atoms with E-state index in [1.165, 1.54) is 4.90 Å². The summed E-state index contributed by atoms with van der Waals surface area (Å²) in [4.78, 5) is 26.8. The van der Waals surface area contributed by atoms with E-state index in [1.807, 2.05) is 25.1 Å². The van der Waals surface area contributed by atoms with Gasteiger partial charge in [-0.1, -0.05) is 12.2 Å². The van der Waals surface area contributed by atoms with E-state index in [0.29, 0.717) is 0 Å². The predicted octanol–water partition coefficient (Wildman–Crippen LogP) is 2.91. The number of anilines is 1. The molecule has 1 aromatic carbocycles. The molecule has 3 nitrogen and oxygen atoms in total. The molecule has 4 atom stereocenters. The van der Waals surface area contributed by atoms with Gasteiger partial charge in [-0.25, -0.2) is 4.90 Å². The van der Waals surface area contributed by atoms with Crippen LogP contribution >= 0.6 is 22.6 Å². The van der Waals surface area contributed by atoms with Crippen LogP contribution in [0.5, 0.6) is 0 Å². The molecule has 2 aliphatic carbocycles. The van der Waals surface area contributed by atoms with Crippen molar-refractivity contribution in [3.05, 3.63) is 39.5 Å². The summed E-state index contributed by atoms with van der Waals surface area (Å²) in [7, 11) is 0. The summed E-state index contributed by atoms with van der Waals surface area (Å²) in [6, 6.07) is 5.85.